The van der Waals surface area contributed by atoms with Crippen molar-refractivity contribution in [3.8, 4) is 5.75 Å². The quantitative estimate of drug-likeness (QED) is 0.321. The van der Waals surface area contributed by atoms with Crippen LogP contribution in [0.1, 0.15) is 51.2 Å². The SMILES string of the molecule is CCN(CC)C(=O)OC(C)N1C(=O)CCc2ccc(OCCCCN3CCN(c4cccc(Cl)c4C)CC3)cc21. The van der Waals surface area contributed by atoms with Crippen molar-refractivity contribution in [1.29, 1.82) is 0 Å². The zero-order chi connectivity index (χ0) is 28.6. The molecule has 2 aromatic rings. The van der Waals surface area contributed by atoms with Gasteiger partial charge in [-0.05, 0) is 82.8 Å². The zero-order valence-electron chi connectivity index (χ0n) is 24.3. The largest absolute Gasteiger partial charge is 0.494 e. The third-order valence-electron chi connectivity index (χ3n) is 7.94. The smallest absolute Gasteiger partial charge is 0.411 e. The number of hydrogen-bond donors (Lipinski definition) is 0. The van der Waals surface area contributed by atoms with E-state index in [1.807, 2.05) is 44.2 Å². The standard InChI is InChI=1S/C31H43ClN4O4/c1-5-34(6-2)31(38)40-24(4)36-29-22-26(14-12-25(29)13-15-30(36)37)39-21-8-7-16-33-17-19-35(20-18-33)28-11-9-10-27(32)23(28)3/h9-12,14,22,24H,5-8,13,15-21H2,1-4H3. The van der Waals surface area contributed by atoms with E-state index >= 15 is 0 Å². The van der Waals surface area contributed by atoms with Crippen molar-refractivity contribution in [2.45, 2.75) is 59.6 Å². The number of nitrogens with zero attached hydrogens (tertiary/aromatic N) is 4. The van der Waals surface area contributed by atoms with E-state index in [-0.39, 0.29) is 5.91 Å². The molecule has 2 aromatic carbocycles. The maximum atomic E-state index is 12.8. The van der Waals surface area contributed by atoms with Crippen LogP contribution in [0.25, 0.3) is 0 Å². The normalized spacial score (nSPS) is 16.5. The number of benzene rings is 2. The number of rotatable bonds is 11. The summed E-state index contributed by atoms with van der Waals surface area (Å²) >= 11 is 6.32. The van der Waals surface area contributed by atoms with Crippen LogP contribution in [0.3, 0.4) is 0 Å². The van der Waals surface area contributed by atoms with E-state index in [4.69, 9.17) is 21.1 Å². The van der Waals surface area contributed by atoms with Crippen LogP contribution in [-0.2, 0) is 16.0 Å². The number of aryl methyl sites for hydroxylation is 1. The van der Waals surface area contributed by atoms with Crippen molar-refractivity contribution in [2.24, 2.45) is 0 Å². The molecular formula is C31H43ClN4O4. The van der Waals surface area contributed by atoms with Crippen LogP contribution >= 0.6 is 11.6 Å². The second-order valence-electron chi connectivity index (χ2n) is 10.5. The van der Waals surface area contributed by atoms with E-state index in [1.165, 1.54) is 5.69 Å². The molecule has 0 radical (unpaired) electrons. The van der Waals surface area contributed by atoms with Gasteiger partial charge >= 0.3 is 6.09 Å². The van der Waals surface area contributed by atoms with Crippen molar-refractivity contribution in [2.75, 3.05) is 62.2 Å². The second-order valence-corrected chi connectivity index (χ2v) is 10.9. The molecule has 40 heavy (non-hydrogen) atoms. The topological polar surface area (TPSA) is 65.6 Å². The second kappa shape index (κ2) is 14.1. The Balaban J connectivity index is 1.24. The minimum absolute atomic E-state index is 0.0462. The fourth-order valence-electron chi connectivity index (χ4n) is 5.50. The maximum absolute atomic E-state index is 12.8. The first kappa shape index (κ1) is 30.0. The number of piperazine rings is 1. The number of anilines is 2. The summed E-state index contributed by atoms with van der Waals surface area (Å²) in [7, 11) is 0. The molecule has 4 rings (SSSR count). The summed E-state index contributed by atoms with van der Waals surface area (Å²) < 4.78 is 11.7. The van der Waals surface area contributed by atoms with E-state index in [2.05, 4.69) is 22.8 Å². The van der Waals surface area contributed by atoms with Crippen molar-refractivity contribution >= 4 is 35.0 Å². The molecule has 8 nitrogen and oxygen atoms in total. The van der Waals surface area contributed by atoms with Gasteiger partial charge in [-0.1, -0.05) is 23.7 Å². The first-order valence-corrected chi connectivity index (χ1v) is 15.0. The molecular weight excluding hydrogens is 528 g/mol. The molecule has 2 heterocycles. The molecule has 2 aliphatic rings. The molecule has 0 bridgehead atoms. The number of carbonyl (C=O) groups is 2. The zero-order valence-corrected chi connectivity index (χ0v) is 25.1. The first-order chi connectivity index (χ1) is 19.3. The number of amides is 2. The molecule has 218 valence electrons. The molecule has 1 fully saturated rings. The molecule has 0 aromatic heterocycles. The van der Waals surface area contributed by atoms with Gasteiger partial charge in [0.05, 0.1) is 12.3 Å². The molecule has 1 unspecified atom stereocenters. The lowest BCUT2D eigenvalue weighted by molar-refractivity contribution is -0.120. The Bertz CT molecular complexity index is 1160. The Hall–Kier alpha value is -2.97. The summed E-state index contributed by atoms with van der Waals surface area (Å²) in [6.45, 7) is 14.5. The Morgan fingerprint density at radius 3 is 2.50 bits per heavy atom. The van der Waals surface area contributed by atoms with Gasteiger partial charge in [-0.3, -0.25) is 14.6 Å². The Labute approximate surface area is 243 Å². The molecule has 1 saturated heterocycles. The van der Waals surface area contributed by atoms with Gasteiger partial charge in [-0.2, -0.15) is 0 Å². The number of carbonyl (C=O) groups excluding carboxylic acids is 2. The highest BCUT2D eigenvalue weighted by Gasteiger charge is 2.31. The van der Waals surface area contributed by atoms with Crippen LogP contribution in [0.2, 0.25) is 5.02 Å². The van der Waals surface area contributed by atoms with Crippen molar-refractivity contribution in [3.63, 3.8) is 0 Å². The molecule has 0 saturated carbocycles. The lowest BCUT2D eigenvalue weighted by atomic mass is 10.0. The van der Waals surface area contributed by atoms with Crippen LogP contribution in [0.15, 0.2) is 36.4 Å². The van der Waals surface area contributed by atoms with E-state index in [0.717, 1.165) is 73.2 Å². The van der Waals surface area contributed by atoms with Crippen LogP contribution in [-0.4, -0.2) is 80.4 Å². The highest BCUT2D eigenvalue weighted by Crippen LogP contribution is 2.33. The van der Waals surface area contributed by atoms with Gasteiger partial charge in [-0.15, -0.1) is 0 Å². The molecule has 2 aliphatic heterocycles. The average molecular weight is 571 g/mol. The summed E-state index contributed by atoms with van der Waals surface area (Å²) in [5, 5.41) is 0.825. The predicted octanol–water partition coefficient (Wildman–Crippen LogP) is 5.73. The van der Waals surface area contributed by atoms with Gasteiger partial charge in [0.15, 0.2) is 6.23 Å². The number of halogens is 1. The summed E-state index contributed by atoms with van der Waals surface area (Å²) in [6, 6.07) is 12.0. The summed E-state index contributed by atoms with van der Waals surface area (Å²) in [5.41, 5.74) is 4.22. The average Bonchev–Trinajstić information content (AvgIpc) is 2.95. The van der Waals surface area contributed by atoms with E-state index < -0.39 is 12.3 Å². The van der Waals surface area contributed by atoms with Crippen molar-refractivity contribution < 1.29 is 19.1 Å². The number of hydrogen-bond acceptors (Lipinski definition) is 6. The minimum atomic E-state index is -0.696. The van der Waals surface area contributed by atoms with Crippen molar-refractivity contribution in [3.05, 3.63) is 52.5 Å². The number of fused-ring (bicyclic) bond motifs is 1. The Morgan fingerprint density at radius 2 is 1.77 bits per heavy atom. The highest BCUT2D eigenvalue weighted by atomic mass is 35.5. The third kappa shape index (κ3) is 7.21. The lowest BCUT2D eigenvalue weighted by Crippen LogP contribution is -2.46. The summed E-state index contributed by atoms with van der Waals surface area (Å²) in [5.74, 6) is 0.682. The van der Waals surface area contributed by atoms with Gasteiger partial charge in [-0.25, -0.2) is 4.79 Å². The van der Waals surface area contributed by atoms with E-state index in [9.17, 15) is 9.59 Å². The fraction of sp³-hybridized carbons (Fsp3) is 0.548. The van der Waals surface area contributed by atoms with Crippen molar-refractivity contribution in [1.82, 2.24) is 9.80 Å². The van der Waals surface area contributed by atoms with E-state index in [1.54, 1.807) is 16.7 Å². The van der Waals surface area contributed by atoms with Gasteiger partial charge in [0.1, 0.15) is 5.75 Å². The highest BCUT2D eigenvalue weighted by molar-refractivity contribution is 6.31. The van der Waals surface area contributed by atoms with Gasteiger partial charge in [0.25, 0.3) is 0 Å². The first-order valence-electron chi connectivity index (χ1n) is 14.6. The Kier molecular flexibility index (Phi) is 10.6. The predicted molar refractivity (Wildman–Crippen MR) is 161 cm³/mol. The number of ether oxygens (including phenoxy) is 2. The van der Waals surface area contributed by atoms with Gasteiger partial charge in [0, 0.05) is 62.5 Å². The maximum Gasteiger partial charge on any atom is 0.411 e. The molecule has 9 heteroatoms. The monoisotopic (exact) mass is 570 g/mol. The molecule has 2 amide bonds. The lowest BCUT2D eigenvalue weighted by Gasteiger charge is -2.37. The Morgan fingerprint density at radius 1 is 1.02 bits per heavy atom. The molecule has 1 atom stereocenters. The molecule has 0 N–H and O–H groups in total. The van der Waals surface area contributed by atoms with Crippen LogP contribution in [0.4, 0.5) is 16.2 Å². The van der Waals surface area contributed by atoms with Gasteiger partial charge in [0.2, 0.25) is 5.91 Å². The summed E-state index contributed by atoms with van der Waals surface area (Å²) in [4.78, 5) is 33.5. The van der Waals surface area contributed by atoms with Crippen LogP contribution in [0, 0.1) is 6.92 Å². The van der Waals surface area contributed by atoms with Crippen LogP contribution in [0.5, 0.6) is 5.75 Å². The minimum Gasteiger partial charge on any atom is -0.494 e. The molecule has 0 aliphatic carbocycles. The van der Waals surface area contributed by atoms with Crippen LogP contribution < -0.4 is 14.5 Å². The summed E-state index contributed by atoms with van der Waals surface area (Å²) in [6.07, 6.45) is 1.97. The fourth-order valence-corrected chi connectivity index (χ4v) is 5.67. The number of unbranched alkanes of at least 4 members (excludes halogenated alkanes) is 1. The molecule has 0 spiro atoms. The van der Waals surface area contributed by atoms with E-state index in [0.29, 0.717) is 32.5 Å². The van der Waals surface area contributed by atoms with Gasteiger partial charge < -0.3 is 19.3 Å². The third-order valence-corrected chi connectivity index (χ3v) is 8.35.